The molecule has 2 rings (SSSR count). The predicted octanol–water partition coefficient (Wildman–Crippen LogP) is 1.35. The van der Waals surface area contributed by atoms with E-state index in [1.54, 1.807) is 6.07 Å². The zero-order chi connectivity index (χ0) is 17.8. The van der Waals surface area contributed by atoms with Crippen molar-refractivity contribution in [2.45, 2.75) is 19.6 Å². The Morgan fingerprint density at radius 3 is 2.26 bits per heavy atom. The number of alkyl halides is 3. The highest BCUT2D eigenvalue weighted by atomic mass is 19.4. The van der Waals surface area contributed by atoms with Crippen LogP contribution in [0.3, 0.4) is 0 Å². The van der Waals surface area contributed by atoms with Crippen molar-refractivity contribution < 1.29 is 37.8 Å². The maximum atomic E-state index is 11.3. The number of aliphatic carboxylic acids is 2. The van der Waals surface area contributed by atoms with Gasteiger partial charge < -0.3 is 14.8 Å². The molecule has 11 heteroatoms. The molecule has 0 saturated carbocycles. The van der Waals surface area contributed by atoms with Gasteiger partial charge in [0.25, 0.3) is 0 Å². The second kappa shape index (κ2) is 6.85. The van der Waals surface area contributed by atoms with E-state index < -0.39 is 18.1 Å². The first-order valence-corrected chi connectivity index (χ1v) is 5.87. The Morgan fingerprint density at radius 2 is 1.83 bits per heavy atom. The molecule has 2 aromatic rings. The Kier molecular flexibility index (Phi) is 5.38. The topological polar surface area (TPSA) is 122 Å². The number of Topliss-reactive ketones (excluding diaryl/α,β-unsaturated/α-hetero) is 1. The van der Waals surface area contributed by atoms with Crippen LogP contribution in [0, 0.1) is 0 Å². The van der Waals surface area contributed by atoms with E-state index in [0.717, 1.165) is 0 Å². The van der Waals surface area contributed by atoms with Crippen LogP contribution in [0.15, 0.2) is 18.5 Å². The van der Waals surface area contributed by atoms with Crippen LogP contribution in [0.1, 0.15) is 17.3 Å². The summed E-state index contributed by atoms with van der Waals surface area (Å²) in [6.45, 7) is 1.20. The second-order valence-corrected chi connectivity index (χ2v) is 4.19. The van der Waals surface area contributed by atoms with Gasteiger partial charge in [-0.2, -0.15) is 18.3 Å². The minimum Gasteiger partial charge on any atom is -0.480 e. The fourth-order valence-corrected chi connectivity index (χ4v) is 1.58. The summed E-state index contributed by atoms with van der Waals surface area (Å²) in [5.74, 6) is -3.87. The Balaban J connectivity index is 0.000000322. The fraction of sp³-hybridized carbons (Fsp3) is 0.250. The largest absolute Gasteiger partial charge is 0.490 e. The lowest BCUT2D eigenvalue weighted by Crippen LogP contribution is -2.21. The number of aromatic nitrogens is 3. The molecule has 0 aliphatic carbocycles. The molecule has 0 unspecified atom stereocenters. The van der Waals surface area contributed by atoms with E-state index in [1.807, 2.05) is 0 Å². The number of carbonyl (C=O) groups excluding carboxylic acids is 1. The first kappa shape index (κ1) is 18.1. The molecular formula is C12H10F3N3O5. The van der Waals surface area contributed by atoms with Gasteiger partial charge in [0.2, 0.25) is 0 Å². The average molecular weight is 333 g/mol. The van der Waals surface area contributed by atoms with Crippen molar-refractivity contribution in [2.24, 2.45) is 0 Å². The first-order chi connectivity index (χ1) is 10.5. The number of fused-ring (bicyclic) bond motifs is 1. The van der Waals surface area contributed by atoms with Crippen LogP contribution < -0.4 is 0 Å². The molecule has 2 aromatic heterocycles. The van der Waals surface area contributed by atoms with Gasteiger partial charge >= 0.3 is 18.1 Å². The van der Waals surface area contributed by atoms with Gasteiger partial charge in [-0.05, 0) is 13.0 Å². The fourth-order valence-electron chi connectivity index (χ4n) is 1.58. The lowest BCUT2D eigenvalue weighted by molar-refractivity contribution is -0.192. The summed E-state index contributed by atoms with van der Waals surface area (Å²) < 4.78 is 33.1. The molecule has 0 bridgehead atoms. The third-order valence-corrected chi connectivity index (χ3v) is 2.48. The van der Waals surface area contributed by atoms with E-state index in [-0.39, 0.29) is 12.3 Å². The third-order valence-electron chi connectivity index (χ3n) is 2.48. The van der Waals surface area contributed by atoms with Crippen molar-refractivity contribution in [1.82, 2.24) is 14.8 Å². The minimum absolute atomic E-state index is 0.123. The van der Waals surface area contributed by atoms with E-state index in [0.29, 0.717) is 16.6 Å². The normalized spacial score (nSPS) is 10.8. The van der Waals surface area contributed by atoms with Gasteiger partial charge in [0.1, 0.15) is 6.54 Å². The van der Waals surface area contributed by atoms with Gasteiger partial charge in [0, 0.05) is 17.1 Å². The van der Waals surface area contributed by atoms with E-state index in [2.05, 4.69) is 10.2 Å². The number of carboxylic acid groups (broad SMARTS) is 2. The highest BCUT2D eigenvalue weighted by Crippen LogP contribution is 2.18. The monoisotopic (exact) mass is 333 g/mol. The number of hydrogen-bond donors (Lipinski definition) is 2. The summed E-state index contributed by atoms with van der Waals surface area (Å²) in [4.78, 5) is 30.9. The summed E-state index contributed by atoms with van der Waals surface area (Å²) >= 11 is 0. The van der Waals surface area contributed by atoms with Crippen LogP contribution in [-0.2, 0) is 16.1 Å². The molecule has 0 fully saturated rings. The maximum Gasteiger partial charge on any atom is 0.490 e. The molecule has 0 saturated heterocycles. The van der Waals surface area contributed by atoms with E-state index in [1.165, 1.54) is 23.9 Å². The number of halogens is 3. The summed E-state index contributed by atoms with van der Waals surface area (Å²) in [6, 6.07) is 1.65. The van der Waals surface area contributed by atoms with Crippen molar-refractivity contribution >= 4 is 28.8 Å². The molecular weight excluding hydrogens is 323 g/mol. The highest BCUT2D eigenvalue weighted by molar-refractivity contribution is 6.06. The maximum absolute atomic E-state index is 11.3. The summed E-state index contributed by atoms with van der Waals surface area (Å²) in [5, 5.41) is 24.0. The molecule has 0 aromatic carbocycles. The Bertz CT molecular complexity index is 754. The Labute approximate surface area is 126 Å². The van der Waals surface area contributed by atoms with Gasteiger partial charge in [-0.1, -0.05) is 0 Å². The number of carboxylic acids is 2. The van der Waals surface area contributed by atoms with Gasteiger partial charge in [0.05, 0.1) is 6.20 Å². The van der Waals surface area contributed by atoms with E-state index in [4.69, 9.17) is 15.0 Å². The number of hydrogen-bond acceptors (Lipinski definition) is 5. The quantitative estimate of drug-likeness (QED) is 0.813. The number of rotatable bonds is 3. The lowest BCUT2D eigenvalue weighted by Gasteiger charge is -1.97. The van der Waals surface area contributed by atoms with Gasteiger partial charge in [-0.15, -0.1) is 5.10 Å². The smallest absolute Gasteiger partial charge is 0.480 e. The van der Waals surface area contributed by atoms with Crippen molar-refractivity contribution in [3.8, 4) is 0 Å². The van der Waals surface area contributed by atoms with Crippen LogP contribution in [-0.4, -0.2) is 48.9 Å². The van der Waals surface area contributed by atoms with E-state index >= 15 is 0 Å². The Hall–Kier alpha value is -2.98. The van der Waals surface area contributed by atoms with Crippen LogP contribution in [0.5, 0.6) is 0 Å². The molecule has 23 heavy (non-hydrogen) atoms. The van der Waals surface area contributed by atoms with Crippen LogP contribution in [0.2, 0.25) is 0 Å². The summed E-state index contributed by atoms with van der Waals surface area (Å²) in [5.41, 5.74) is 0.876. The number of nitrogens with zero attached hydrogens (tertiary/aromatic N) is 3. The summed E-state index contributed by atoms with van der Waals surface area (Å²) in [7, 11) is 0. The third kappa shape index (κ3) is 4.76. The van der Waals surface area contributed by atoms with Crippen molar-refractivity contribution in [1.29, 1.82) is 0 Å². The standard InChI is InChI=1S/C10H9N3O3.C2HF3O2/c1-6(14)8-4-13(5-9(15)16)10-7(8)2-3-11-12-10;3-2(4,5)1(6)7/h2-4H,5H2,1H3,(H,15,16);(H,6,7). The van der Waals surface area contributed by atoms with Crippen molar-refractivity contribution in [3.05, 3.63) is 24.0 Å². The zero-order valence-corrected chi connectivity index (χ0v) is 11.5. The van der Waals surface area contributed by atoms with Gasteiger partial charge in [-0.25, -0.2) is 4.79 Å². The molecule has 0 aliphatic heterocycles. The van der Waals surface area contributed by atoms with Crippen molar-refractivity contribution in [2.75, 3.05) is 0 Å². The van der Waals surface area contributed by atoms with Gasteiger partial charge in [0.15, 0.2) is 11.4 Å². The molecule has 0 spiro atoms. The highest BCUT2D eigenvalue weighted by Gasteiger charge is 2.38. The molecule has 0 aliphatic rings. The Morgan fingerprint density at radius 1 is 1.26 bits per heavy atom. The molecule has 2 N–H and O–H groups in total. The minimum atomic E-state index is -5.08. The molecule has 0 atom stereocenters. The second-order valence-electron chi connectivity index (χ2n) is 4.19. The van der Waals surface area contributed by atoms with E-state index in [9.17, 15) is 22.8 Å². The molecule has 0 radical (unpaired) electrons. The lowest BCUT2D eigenvalue weighted by atomic mass is 10.2. The molecule has 8 nitrogen and oxygen atoms in total. The van der Waals surface area contributed by atoms with Crippen LogP contribution >= 0.6 is 0 Å². The molecule has 0 amide bonds. The molecule has 2 heterocycles. The zero-order valence-electron chi connectivity index (χ0n) is 11.5. The van der Waals surface area contributed by atoms with Crippen LogP contribution in [0.4, 0.5) is 13.2 Å². The SMILES string of the molecule is CC(=O)c1cn(CC(=O)O)c2nnccc12.O=C(O)C(F)(F)F. The predicted molar refractivity (Wildman–Crippen MR) is 68.9 cm³/mol. The average Bonchev–Trinajstić information content (AvgIpc) is 2.77. The number of ketones is 1. The van der Waals surface area contributed by atoms with Gasteiger partial charge in [-0.3, -0.25) is 9.59 Å². The van der Waals surface area contributed by atoms with Crippen LogP contribution in [0.25, 0.3) is 11.0 Å². The number of carbonyl (C=O) groups is 3. The van der Waals surface area contributed by atoms with Crippen molar-refractivity contribution in [3.63, 3.8) is 0 Å². The first-order valence-electron chi connectivity index (χ1n) is 5.87. The summed E-state index contributed by atoms with van der Waals surface area (Å²) in [6.07, 6.45) is -2.12. The molecule has 124 valence electrons.